The molecule has 2 aromatic heterocycles. The van der Waals surface area contributed by atoms with Crippen LogP contribution in [0, 0.1) is 0 Å². The van der Waals surface area contributed by atoms with Gasteiger partial charge in [-0.05, 0) is 22.0 Å². The molecule has 0 aliphatic carbocycles. The number of nitrogens with zero attached hydrogens (tertiary/aromatic N) is 2. The lowest BCUT2D eigenvalue weighted by Crippen LogP contribution is -2.18. The SMILES string of the molecule is O=C(O)Cn1c(=O)sc2ncc(Br)cc21. The Morgan fingerprint density at radius 2 is 2.40 bits per heavy atom. The van der Waals surface area contributed by atoms with Gasteiger partial charge in [0.25, 0.3) is 0 Å². The van der Waals surface area contributed by atoms with E-state index in [1.165, 1.54) is 4.57 Å². The number of carbonyl (C=O) groups is 1. The first kappa shape index (κ1) is 10.3. The van der Waals surface area contributed by atoms with Crippen molar-refractivity contribution in [2.24, 2.45) is 0 Å². The van der Waals surface area contributed by atoms with Crippen LogP contribution in [-0.4, -0.2) is 20.6 Å². The van der Waals surface area contributed by atoms with Gasteiger partial charge in [-0.1, -0.05) is 11.3 Å². The first-order valence-corrected chi connectivity index (χ1v) is 5.55. The van der Waals surface area contributed by atoms with Crippen LogP contribution in [0.5, 0.6) is 0 Å². The molecule has 0 bridgehead atoms. The van der Waals surface area contributed by atoms with Gasteiger partial charge in [-0.15, -0.1) is 0 Å². The molecule has 2 rings (SSSR count). The van der Waals surface area contributed by atoms with Crippen molar-refractivity contribution >= 4 is 43.6 Å². The fraction of sp³-hybridized carbons (Fsp3) is 0.125. The maximum absolute atomic E-state index is 11.4. The Bertz CT molecular complexity index is 589. The Morgan fingerprint density at radius 3 is 3.07 bits per heavy atom. The van der Waals surface area contributed by atoms with Gasteiger partial charge in [0.2, 0.25) is 0 Å². The van der Waals surface area contributed by atoms with Crippen molar-refractivity contribution in [2.75, 3.05) is 0 Å². The molecule has 7 heteroatoms. The lowest BCUT2D eigenvalue weighted by Gasteiger charge is -1.98. The first-order chi connectivity index (χ1) is 7.08. The number of aliphatic carboxylic acids is 1. The Morgan fingerprint density at radius 1 is 1.67 bits per heavy atom. The first-order valence-electron chi connectivity index (χ1n) is 3.94. The third-order valence-electron chi connectivity index (χ3n) is 1.79. The van der Waals surface area contributed by atoms with E-state index in [0.29, 0.717) is 14.8 Å². The maximum Gasteiger partial charge on any atom is 0.323 e. The molecule has 0 unspecified atom stereocenters. The summed E-state index contributed by atoms with van der Waals surface area (Å²) in [7, 11) is 0. The number of rotatable bonds is 2. The van der Waals surface area contributed by atoms with Gasteiger partial charge in [0.05, 0.1) is 5.52 Å². The number of carboxylic acid groups (broad SMARTS) is 1. The zero-order chi connectivity index (χ0) is 11.0. The van der Waals surface area contributed by atoms with Gasteiger partial charge in [-0.2, -0.15) is 0 Å². The smallest absolute Gasteiger partial charge is 0.323 e. The van der Waals surface area contributed by atoms with Gasteiger partial charge in [-0.25, -0.2) is 4.98 Å². The molecule has 15 heavy (non-hydrogen) atoms. The summed E-state index contributed by atoms with van der Waals surface area (Å²) in [6, 6.07) is 1.68. The van der Waals surface area contributed by atoms with Crippen LogP contribution in [0.1, 0.15) is 0 Å². The van der Waals surface area contributed by atoms with E-state index in [4.69, 9.17) is 5.11 Å². The predicted molar refractivity (Wildman–Crippen MR) is 59.2 cm³/mol. The van der Waals surface area contributed by atoms with Crippen molar-refractivity contribution in [3.8, 4) is 0 Å². The summed E-state index contributed by atoms with van der Waals surface area (Å²) in [5, 5.41) is 8.65. The van der Waals surface area contributed by atoms with Gasteiger partial charge in [0.1, 0.15) is 11.4 Å². The van der Waals surface area contributed by atoms with Crippen molar-refractivity contribution in [3.05, 3.63) is 26.4 Å². The minimum Gasteiger partial charge on any atom is -0.480 e. The normalized spacial score (nSPS) is 10.7. The highest BCUT2D eigenvalue weighted by atomic mass is 79.9. The number of halogens is 1. The molecule has 0 saturated carbocycles. The summed E-state index contributed by atoms with van der Waals surface area (Å²) in [6.45, 7) is -0.336. The fourth-order valence-electron chi connectivity index (χ4n) is 1.21. The summed E-state index contributed by atoms with van der Waals surface area (Å²) >= 11 is 4.16. The summed E-state index contributed by atoms with van der Waals surface area (Å²) in [5.74, 6) is -1.04. The summed E-state index contributed by atoms with van der Waals surface area (Å²) in [6.07, 6.45) is 1.57. The predicted octanol–water partition coefficient (Wildman–Crippen LogP) is 1.31. The van der Waals surface area contributed by atoms with Crippen LogP contribution in [-0.2, 0) is 11.3 Å². The number of pyridine rings is 1. The van der Waals surface area contributed by atoms with Gasteiger partial charge in [0.15, 0.2) is 0 Å². The molecule has 1 N–H and O–H groups in total. The van der Waals surface area contributed by atoms with E-state index in [0.717, 1.165) is 11.3 Å². The molecule has 78 valence electrons. The van der Waals surface area contributed by atoms with Crippen molar-refractivity contribution < 1.29 is 9.90 Å². The van der Waals surface area contributed by atoms with Crippen molar-refractivity contribution in [3.63, 3.8) is 0 Å². The molecule has 2 aromatic rings. The standard InChI is InChI=1S/C8H5BrN2O3S/c9-4-1-5-7(10-2-4)15-8(14)11(5)3-6(12)13/h1-2H,3H2,(H,12,13). The van der Waals surface area contributed by atoms with E-state index in [9.17, 15) is 9.59 Å². The third kappa shape index (κ3) is 1.93. The average Bonchev–Trinajstić information content (AvgIpc) is 2.43. The van der Waals surface area contributed by atoms with E-state index < -0.39 is 5.97 Å². The quantitative estimate of drug-likeness (QED) is 0.904. The largest absolute Gasteiger partial charge is 0.480 e. The second-order valence-corrected chi connectivity index (χ2v) is 4.68. The second kappa shape index (κ2) is 3.74. The lowest BCUT2D eigenvalue weighted by atomic mass is 10.4. The van der Waals surface area contributed by atoms with Gasteiger partial charge >= 0.3 is 10.8 Å². The van der Waals surface area contributed by atoms with Crippen molar-refractivity contribution in [1.82, 2.24) is 9.55 Å². The van der Waals surface area contributed by atoms with Crippen LogP contribution in [0.3, 0.4) is 0 Å². The molecular weight excluding hydrogens is 284 g/mol. The molecule has 0 saturated heterocycles. The second-order valence-electron chi connectivity index (χ2n) is 2.83. The van der Waals surface area contributed by atoms with Crippen LogP contribution in [0.2, 0.25) is 0 Å². The number of aromatic nitrogens is 2. The monoisotopic (exact) mass is 288 g/mol. The van der Waals surface area contributed by atoms with Crippen LogP contribution in [0.15, 0.2) is 21.5 Å². The Labute approximate surface area is 96.1 Å². The highest BCUT2D eigenvalue weighted by molar-refractivity contribution is 9.10. The van der Waals surface area contributed by atoms with Crippen LogP contribution in [0.25, 0.3) is 10.3 Å². The number of thiazole rings is 1. The zero-order valence-electron chi connectivity index (χ0n) is 7.31. The highest BCUT2D eigenvalue weighted by Gasteiger charge is 2.11. The van der Waals surface area contributed by atoms with Gasteiger partial charge in [-0.3, -0.25) is 14.2 Å². The minimum atomic E-state index is -1.04. The van der Waals surface area contributed by atoms with Crippen LogP contribution < -0.4 is 4.87 Å². The molecule has 2 heterocycles. The summed E-state index contributed by atoms with van der Waals surface area (Å²) in [4.78, 5) is 26.3. The fourth-order valence-corrected chi connectivity index (χ4v) is 2.35. The number of hydrogen-bond donors (Lipinski definition) is 1. The topological polar surface area (TPSA) is 72.2 Å². The van der Waals surface area contributed by atoms with E-state index in [1.54, 1.807) is 12.3 Å². The third-order valence-corrected chi connectivity index (χ3v) is 3.12. The lowest BCUT2D eigenvalue weighted by molar-refractivity contribution is -0.137. The molecular formula is C8H5BrN2O3S. The molecule has 0 aliphatic rings. The van der Waals surface area contributed by atoms with Crippen LogP contribution in [0.4, 0.5) is 0 Å². The van der Waals surface area contributed by atoms with E-state index in [1.807, 2.05) is 0 Å². The van der Waals surface area contributed by atoms with Crippen molar-refractivity contribution in [1.29, 1.82) is 0 Å². The summed E-state index contributed by atoms with van der Waals surface area (Å²) in [5.41, 5.74) is 0.543. The van der Waals surface area contributed by atoms with Crippen LogP contribution >= 0.6 is 27.3 Å². The molecule has 0 atom stereocenters. The Kier molecular flexibility index (Phi) is 2.57. The number of hydrogen-bond acceptors (Lipinski definition) is 4. The van der Waals surface area contributed by atoms with E-state index in [2.05, 4.69) is 20.9 Å². The van der Waals surface area contributed by atoms with Crippen molar-refractivity contribution in [2.45, 2.75) is 6.54 Å². The van der Waals surface area contributed by atoms with E-state index >= 15 is 0 Å². The number of fused-ring (bicyclic) bond motifs is 1. The molecule has 0 aromatic carbocycles. The molecule has 0 aliphatic heterocycles. The Balaban J connectivity index is 2.70. The molecule has 0 amide bonds. The maximum atomic E-state index is 11.4. The van der Waals surface area contributed by atoms with E-state index in [-0.39, 0.29) is 11.4 Å². The molecule has 0 fully saturated rings. The Hall–Kier alpha value is -1.21. The summed E-state index contributed by atoms with van der Waals surface area (Å²) < 4.78 is 1.91. The highest BCUT2D eigenvalue weighted by Crippen LogP contribution is 2.18. The number of carboxylic acids is 1. The zero-order valence-corrected chi connectivity index (χ0v) is 9.71. The van der Waals surface area contributed by atoms with Gasteiger partial charge < -0.3 is 5.11 Å². The minimum absolute atomic E-state index is 0.307. The molecule has 0 radical (unpaired) electrons. The molecule has 0 spiro atoms. The molecule has 5 nitrogen and oxygen atoms in total. The van der Waals surface area contributed by atoms with Gasteiger partial charge in [0, 0.05) is 10.7 Å². The average molecular weight is 289 g/mol.